The Labute approximate surface area is 90.9 Å². The maximum atomic E-state index is 12.2. The fourth-order valence-electron chi connectivity index (χ4n) is 1.22. The van der Waals surface area contributed by atoms with E-state index in [4.69, 9.17) is 5.73 Å². The predicted molar refractivity (Wildman–Crippen MR) is 60.7 cm³/mol. The summed E-state index contributed by atoms with van der Waals surface area (Å²) in [5, 5.41) is 0. The molecule has 1 nitrogen and oxygen atoms in total. The number of hydrogen-bond donors (Lipinski definition) is 1. The third kappa shape index (κ3) is 3.28. The first-order valence-corrected chi connectivity index (χ1v) is 4.56. The molecule has 0 aliphatic rings. The Morgan fingerprint density at radius 2 is 1.57 bits per heavy atom. The van der Waals surface area contributed by atoms with Gasteiger partial charge in [0.25, 0.3) is 0 Å². The van der Waals surface area contributed by atoms with Crippen molar-refractivity contribution in [2.45, 2.75) is 25.8 Å². The van der Waals surface area contributed by atoms with Gasteiger partial charge in [0.05, 0.1) is 6.04 Å². The third-order valence-corrected chi connectivity index (χ3v) is 2.20. The van der Waals surface area contributed by atoms with Crippen molar-refractivity contribution >= 4 is 12.4 Å². The van der Waals surface area contributed by atoms with Crippen LogP contribution in [0.1, 0.15) is 36.9 Å². The first-order chi connectivity index (χ1) is 6.15. The minimum atomic E-state index is -0.499. The molecule has 14 heavy (non-hydrogen) atoms. The normalized spacial score (nSPS) is 12.4. The molecule has 0 saturated heterocycles. The summed E-state index contributed by atoms with van der Waals surface area (Å²) in [7, 11) is 0. The van der Waals surface area contributed by atoms with E-state index in [0.717, 1.165) is 5.56 Å². The summed E-state index contributed by atoms with van der Waals surface area (Å²) in [6.07, 6.45) is 0. The molecule has 0 aliphatic carbocycles. The molecular weight excluding hydrogens is 201 g/mol. The van der Waals surface area contributed by atoms with E-state index in [1.54, 1.807) is 0 Å². The number of rotatable bonds is 3. The van der Waals surface area contributed by atoms with Crippen LogP contribution in [-0.2, 0) is 0 Å². The van der Waals surface area contributed by atoms with Crippen molar-refractivity contribution in [2.24, 2.45) is 5.73 Å². The van der Waals surface area contributed by atoms with Crippen molar-refractivity contribution < 1.29 is 4.39 Å². The van der Waals surface area contributed by atoms with Gasteiger partial charge in [-0.2, -0.15) is 0 Å². The van der Waals surface area contributed by atoms with Crippen LogP contribution >= 0.6 is 12.4 Å². The molecule has 1 aromatic rings. The fraction of sp³-hybridized carbons (Fsp3) is 0.455. The molecule has 3 heteroatoms. The molecule has 2 N–H and O–H groups in total. The monoisotopic (exact) mass is 217 g/mol. The van der Waals surface area contributed by atoms with Crippen molar-refractivity contribution in [2.75, 3.05) is 6.67 Å². The van der Waals surface area contributed by atoms with Crippen molar-refractivity contribution in [1.29, 1.82) is 0 Å². The van der Waals surface area contributed by atoms with Crippen LogP contribution in [0, 0.1) is 0 Å². The molecule has 80 valence electrons. The summed E-state index contributed by atoms with van der Waals surface area (Å²) < 4.78 is 12.2. The molecule has 0 amide bonds. The van der Waals surface area contributed by atoms with Crippen LogP contribution in [0.4, 0.5) is 4.39 Å². The first kappa shape index (κ1) is 13.4. The number of halogens is 2. The maximum absolute atomic E-state index is 12.2. The minimum absolute atomic E-state index is 0. The van der Waals surface area contributed by atoms with E-state index in [-0.39, 0.29) is 12.4 Å². The van der Waals surface area contributed by atoms with Gasteiger partial charge in [0.1, 0.15) is 6.67 Å². The zero-order valence-electron chi connectivity index (χ0n) is 8.53. The zero-order chi connectivity index (χ0) is 9.84. The Hall–Kier alpha value is -0.600. The lowest BCUT2D eigenvalue weighted by Gasteiger charge is -2.09. The molecule has 0 unspecified atom stereocenters. The molecule has 1 rings (SSSR count). The molecule has 0 fully saturated rings. The summed E-state index contributed by atoms with van der Waals surface area (Å²) in [6, 6.07) is 7.35. The van der Waals surface area contributed by atoms with Crippen LogP contribution in [-0.4, -0.2) is 6.67 Å². The molecule has 1 atom stereocenters. The molecule has 0 spiro atoms. The van der Waals surface area contributed by atoms with E-state index < -0.39 is 12.7 Å². The largest absolute Gasteiger partial charge is 0.322 e. The Kier molecular flexibility index (Phi) is 5.73. The SMILES string of the molecule is CC(C)c1ccc([C@@H](N)CF)cc1.Cl. The summed E-state index contributed by atoms with van der Waals surface area (Å²) in [6.45, 7) is 3.76. The number of benzene rings is 1. The smallest absolute Gasteiger partial charge is 0.109 e. The number of hydrogen-bond acceptors (Lipinski definition) is 1. The zero-order valence-corrected chi connectivity index (χ0v) is 9.35. The average molecular weight is 218 g/mol. The lowest BCUT2D eigenvalue weighted by atomic mass is 10.00. The minimum Gasteiger partial charge on any atom is -0.322 e. The fourth-order valence-corrected chi connectivity index (χ4v) is 1.22. The van der Waals surface area contributed by atoms with Crippen LogP contribution in [0.15, 0.2) is 24.3 Å². The van der Waals surface area contributed by atoms with Gasteiger partial charge in [-0.3, -0.25) is 0 Å². The van der Waals surface area contributed by atoms with Crippen LogP contribution in [0.2, 0.25) is 0 Å². The van der Waals surface area contributed by atoms with E-state index in [1.807, 2.05) is 24.3 Å². The van der Waals surface area contributed by atoms with Crippen LogP contribution in [0.5, 0.6) is 0 Å². The second kappa shape index (κ2) is 5.99. The van der Waals surface area contributed by atoms with E-state index in [2.05, 4.69) is 13.8 Å². The van der Waals surface area contributed by atoms with Gasteiger partial charge < -0.3 is 5.73 Å². The van der Waals surface area contributed by atoms with Gasteiger partial charge in [0.2, 0.25) is 0 Å². The highest BCUT2D eigenvalue weighted by Gasteiger charge is 2.05. The lowest BCUT2D eigenvalue weighted by molar-refractivity contribution is 0.437. The highest BCUT2D eigenvalue weighted by molar-refractivity contribution is 5.85. The highest BCUT2D eigenvalue weighted by Crippen LogP contribution is 2.17. The molecule has 0 bridgehead atoms. The summed E-state index contributed by atoms with van der Waals surface area (Å²) in [5.41, 5.74) is 7.67. The molecule has 0 saturated carbocycles. The third-order valence-electron chi connectivity index (χ3n) is 2.20. The van der Waals surface area contributed by atoms with Crippen molar-refractivity contribution in [1.82, 2.24) is 0 Å². The van der Waals surface area contributed by atoms with Gasteiger partial charge in [0, 0.05) is 0 Å². The Morgan fingerprint density at radius 3 is 1.93 bits per heavy atom. The summed E-state index contributed by atoms with van der Waals surface area (Å²) in [4.78, 5) is 0. The Balaban J connectivity index is 0.00000169. The van der Waals surface area contributed by atoms with Crippen molar-refractivity contribution in [3.63, 3.8) is 0 Å². The van der Waals surface area contributed by atoms with Crippen LogP contribution < -0.4 is 5.73 Å². The van der Waals surface area contributed by atoms with Gasteiger partial charge >= 0.3 is 0 Å². The number of alkyl halides is 1. The van der Waals surface area contributed by atoms with Crippen molar-refractivity contribution in [3.8, 4) is 0 Å². The van der Waals surface area contributed by atoms with Crippen LogP contribution in [0.3, 0.4) is 0 Å². The molecule has 0 heterocycles. The van der Waals surface area contributed by atoms with Gasteiger partial charge in [-0.15, -0.1) is 12.4 Å². The highest BCUT2D eigenvalue weighted by atomic mass is 35.5. The quantitative estimate of drug-likeness (QED) is 0.827. The van der Waals surface area contributed by atoms with E-state index in [9.17, 15) is 4.39 Å². The molecule has 1 aromatic carbocycles. The average Bonchev–Trinajstić information content (AvgIpc) is 2.17. The number of nitrogens with two attached hydrogens (primary N) is 1. The van der Waals surface area contributed by atoms with E-state index in [1.165, 1.54) is 5.56 Å². The van der Waals surface area contributed by atoms with Crippen molar-refractivity contribution in [3.05, 3.63) is 35.4 Å². The standard InChI is InChI=1S/C11H16FN.ClH/c1-8(2)9-3-5-10(6-4-9)11(13)7-12;/h3-6,8,11H,7,13H2,1-2H3;1H/t11-;/m0./s1. The topological polar surface area (TPSA) is 26.0 Å². The van der Waals surface area contributed by atoms with Gasteiger partial charge in [-0.25, -0.2) is 4.39 Å². The maximum Gasteiger partial charge on any atom is 0.109 e. The van der Waals surface area contributed by atoms with E-state index >= 15 is 0 Å². The van der Waals surface area contributed by atoms with E-state index in [0.29, 0.717) is 5.92 Å². The molecule has 0 radical (unpaired) electrons. The molecule has 0 aromatic heterocycles. The predicted octanol–water partition coefficient (Wildman–Crippen LogP) is 3.20. The van der Waals surface area contributed by atoms with Gasteiger partial charge in [0.15, 0.2) is 0 Å². The molecular formula is C11H17ClFN. The lowest BCUT2D eigenvalue weighted by Crippen LogP contribution is -2.11. The second-order valence-corrected chi connectivity index (χ2v) is 3.58. The van der Waals surface area contributed by atoms with Gasteiger partial charge in [-0.05, 0) is 17.0 Å². The van der Waals surface area contributed by atoms with Crippen LogP contribution in [0.25, 0.3) is 0 Å². The molecule has 0 aliphatic heterocycles. The second-order valence-electron chi connectivity index (χ2n) is 3.58. The van der Waals surface area contributed by atoms with Gasteiger partial charge in [-0.1, -0.05) is 38.1 Å². The summed E-state index contributed by atoms with van der Waals surface area (Å²) in [5.74, 6) is 0.510. The first-order valence-electron chi connectivity index (χ1n) is 4.56. The Morgan fingerprint density at radius 1 is 1.14 bits per heavy atom. The Bertz CT molecular complexity index is 258. The summed E-state index contributed by atoms with van der Waals surface area (Å²) >= 11 is 0.